The van der Waals surface area contributed by atoms with Crippen molar-refractivity contribution in [2.45, 2.75) is 39.2 Å². The first-order valence-corrected chi connectivity index (χ1v) is 7.98. The molecule has 1 aliphatic carbocycles. The molecule has 0 aliphatic heterocycles. The largest absolute Gasteiger partial charge is 0.493 e. The minimum Gasteiger partial charge on any atom is -0.493 e. The fourth-order valence-electron chi connectivity index (χ4n) is 4.08. The van der Waals surface area contributed by atoms with Gasteiger partial charge in [-0.15, -0.1) is 0 Å². The van der Waals surface area contributed by atoms with Crippen LogP contribution in [0.3, 0.4) is 0 Å². The van der Waals surface area contributed by atoms with Gasteiger partial charge in [0.2, 0.25) is 0 Å². The molecule has 1 aromatic rings. The molecule has 1 saturated carbocycles. The molecule has 3 heteroatoms. The first-order valence-electron chi connectivity index (χ1n) is 7.98. The Bertz CT molecular complexity index is 451. The molecule has 1 fully saturated rings. The van der Waals surface area contributed by atoms with E-state index in [2.05, 4.69) is 31.3 Å². The minimum absolute atomic E-state index is 0.320. The number of para-hydroxylation sites is 1. The van der Waals surface area contributed by atoms with Crippen LogP contribution < -0.4 is 14.8 Å². The lowest BCUT2D eigenvalue weighted by molar-refractivity contribution is 0.178. The number of nitrogens with one attached hydrogen (secondary N) is 1. The average molecular weight is 291 g/mol. The maximum Gasteiger partial charge on any atom is 0.165 e. The summed E-state index contributed by atoms with van der Waals surface area (Å²) in [4.78, 5) is 0. The third-order valence-corrected chi connectivity index (χ3v) is 4.77. The molecule has 118 valence electrons. The van der Waals surface area contributed by atoms with E-state index in [0.29, 0.717) is 12.0 Å². The van der Waals surface area contributed by atoms with Crippen molar-refractivity contribution in [2.24, 2.45) is 17.8 Å². The quantitative estimate of drug-likeness (QED) is 0.888. The van der Waals surface area contributed by atoms with Crippen LogP contribution >= 0.6 is 0 Å². The van der Waals surface area contributed by atoms with E-state index in [9.17, 15) is 0 Å². The van der Waals surface area contributed by atoms with Gasteiger partial charge in [-0.3, -0.25) is 0 Å². The first kappa shape index (κ1) is 16.2. The van der Waals surface area contributed by atoms with Crippen LogP contribution in [0.15, 0.2) is 18.2 Å². The summed E-state index contributed by atoms with van der Waals surface area (Å²) < 4.78 is 11.1. The Balaban J connectivity index is 2.32. The van der Waals surface area contributed by atoms with Crippen LogP contribution in [0.4, 0.5) is 0 Å². The smallest absolute Gasteiger partial charge is 0.165 e. The Morgan fingerprint density at radius 1 is 1.05 bits per heavy atom. The summed E-state index contributed by atoms with van der Waals surface area (Å²) in [7, 11) is 5.47. The topological polar surface area (TPSA) is 30.5 Å². The van der Waals surface area contributed by atoms with Crippen molar-refractivity contribution in [3.63, 3.8) is 0 Å². The molecule has 0 heterocycles. The normalized spacial score (nSPS) is 27.2. The van der Waals surface area contributed by atoms with E-state index >= 15 is 0 Å². The molecule has 1 aliphatic rings. The van der Waals surface area contributed by atoms with Gasteiger partial charge in [0.1, 0.15) is 0 Å². The van der Waals surface area contributed by atoms with Crippen molar-refractivity contribution in [3.8, 4) is 11.5 Å². The molecule has 1 N–H and O–H groups in total. The van der Waals surface area contributed by atoms with Crippen LogP contribution in [0, 0.1) is 17.8 Å². The summed E-state index contributed by atoms with van der Waals surface area (Å²) in [5.74, 6) is 3.92. The molecule has 0 bridgehead atoms. The lowest BCUT2D eigenvalue weighted by Gasteiger charge is -2.37. The molecule has 0 radical (unpaired) electrons. The zero-order valence-corrected chi connectivity index (χ0v) is 14.0. The number of hydrogen-bond donors (Lipinski definition) is 1. The summed E-state index contributed by atoms with van der Waals surface area (Å²) >= 11 is 0. The highest BCUT2D eigenvalue weighted by Gasteiger charge is 2.32. The Hall–Kier alpha value is -1.22. The molecule has 0 amide bonds. The van der Waals surface area contributed by atoms with E-state index in [1.807, 2.05) is 13.1 Å². The van der Waals surface area contributed by atoms with Gasteiger partial charge in [-0.05, 0) is 50.1 Å². The van der Waals surface area contributed by atoms with Crippen molar-refractivity contribution >= 4 is 0 Å². The van der Waals surface area contributed by atoms with Gasteiger partial charge in [0.15, 0.2) is 11.5 Å². The van der Waals surface area contributed by atoms with Gasteiger partial charge in [0.25, 0.3) is 0 Å². The number of hydrogen-bond acceptors (Lipinski definition) is 3. The molecule has 1 aromatic carbocycles. The van der Waals surface area contributed by atoms with Crippen LogP contribution in [0.1, 0.15) is 44.7 Å². The molecule has 3 unspecified atom stereocenters. The SMILES string of the molecule is CNC(c1cccc(OC)c1OC)C1CC(C)CC(C)C1. The van der Waals surface area contributed by atoms with E-state index in [1.165, 1.54) is 24.8 Å². The summed E-state index contributed by atoms with van der Waals surface area (Å²) in [6.07, 6.45) is 3.90. The van der Waals surface area contributed by atoms with E-state index in [-0.39, 0.29) is 0 Å². The van der Waals surface area contributed by atoms with Crippen LogP contribution in [-0.4, -0.2) is 21.3 Å². The van der Waals surface area contributed by atoms with E-state index in [1.54, 1.807) is 14.2 Å². The summed E-state index contributed by atoms with van der Waals surface area (Å²) in [6.45, 7) is 4.75. The van der Waals surface area contributed by atoms with Crippen molar-refractivity contribution in [3.05, 3.63) is 23.8 Å². The van der Waals surface area contributed by atoms with Crippen LogP contribution in [0.25, 0.3) is 0 Å². The molecular weight excluding hydrogens is 262 g/mol. The van der Waals surface area contributed by atoms with Gasteiger partial charge in [-0.1, -0.05) is 26.0 Å². The Labute approximate surface area is 129 Å². The fourth-order valence-corrected chi connectivity index (χ4v) is 4.08. The third-order valence-electron chi connectivity index (χ3n) is 4.77. The second kappa shape index (κ2) is 7.17. The first-order chi connectivity index (χ1) is 10.1. The molecule has 3 atom stereocenters. The molecule has 2 rings (SSSR count). The second-order valence-electron chi connectivity index (χ2n) is 6.53. The van der Waals surface area contributed by atoms with Gasteiger partial charge in [0, 0.05) is 11.6 Å². The number of benzene rings is 1. The van der Waals surface area contributed by atoms with Crippen molar-refractivity contribution in [1.82, 2.24) is 5.32 Å². The fraction of sp³-hybridized carbons (Fsp3) is 0.667. The highest BCUT2D eigenvalue weighted by atomic mass is 16.5. The number of ether oxygens (including phenoxy) is 2. The predicted octanol–water partition coefficient (Wildman–Crippen LogP) is 4.04. The van der Waals surface area contributed by atoms with Gasteiger partial charge < -0.3 is 14.8 Å². The van der Waals surface area contributed by atoms with Crippen LogP contribution in [-0.2, 0) is 0 Å². The second-order valence-corrected chi connectivity index (χ2v) is 6.53. The summed E-state index contributed by atoms with van der Waals surface area (Å²) in [6, 6.07) is 6.49. The Morgan fingerprint density at radius 3 is 2.24 bits per heavy atom. The number of methoxy groups -OCH3 is 2. The standard InChI is InChI=1S/C18H29NO2/c1-12-9-13(2)11-14(10-12)17(19-3)15-7-6-8-16(20-4)18(15)21-5/h6-8,12-14,17,19H,9-11H2,1-5H3. The van der Waals surface area contributed by atoms with E-state index in [0.717, 1.165) is 23.3 Å². The maximum absolute atomic E-state index is 5.63. The Morgan fingerprint density at radius 2 is 1.71 bits per heavy atom. The number of rotatable bonds is 5. The van der Waals surface area contributed by atoms with E-state index < -0.39 is 0 Å². The molecule has 21 heavy (non-hydrogen) atoms. The van der Waals surface area contributed by atoms with Gasteiger partial charge in [-0.2, -0.15) is 0 Å². The molecular formula is C18H29NO2. The van der Waals surface area contributed by atoms with Crippen molar-refractivity contribution in [2.75, 3.05) is 21.3 Å². The average Bonchev–Trinajstić information content (AvgIpc) is 2.46. The highest BCUT2D eigenvalue weighted by molar-refractivity contribution is 5.48. The lowest BCUT2D eigenvalue weighted by Crippen LogP contribution is -2.31. The monoisotopic (exact) mass is 291 g/mol. The maximum atomic E-state index is 5.63. The molecule has 0 spiro atoms. The highest BCUT2D eigenvalue weighted by Crippen LogP contribution is 2.43. The van der Waals surface area contributed by atoms with E-state index in [4.69, 9.17) is 9.47 Å². The Kier molecular flexibility index (Phi) is 5.51. The minimum atomic E-state index is 0.320. The molecule has 0 saturated heterocycles. The summed E-state index contributed by atoms with van der Waals surface area (Å²) in [5, 5.41) is 3.52. The van der Waals surface area contributed by atoms with Crippen LogP contribution in [0.5, 0.6) is 11.5 Å². The van der Waals surface area contributed by atoms with Gasteiger partial charge in [-0.25, -0.2) is 0 Å². The summed E-state index contributed by atoms with van der Waals surface area (Å²) in [5.41, 5.74) is 1.21. The molecule has 0 aromatic heterocycles. The predicted molar refractivity (Wildman–Crippen MR) is 87.0 cm³/mol. The van der Waals surface area contributed by atoms with Gasteiger partial charge >= 0.3 is 0 Å². The zero-order valence-electron chi connectivity index (χ0n) is 14.0. The molecule has 3 nitrogen and oxygen atoms in total. The van der Waals surface area contributed by atoms with Crippen LogP contribution in [0.2, 0.25) is 0 Å². The van der Waals surface area contributed by atoms with Gasteiger partial charge in [0.05, 0.1) is 14.2 Å². The van der Waals surface area contributed by atoms with Crippen molar-refractivity contribution in [1.29, 1.82) is 0 Å². The zero-order chi connectivity index (χ0) is 15.4. The van der Waals surface area contributed by atoms with Crippen molar-refractivity contribution < 1.29 is 9.47 Å². The lowest BCUT2D eigenvalue weighted by atomic mass is 9.72. The third kappa shape index (κ3) is 3.52.